The largest absolute Gasteiger partial charge is 0.490 e. The van der Waals surface area contributed by atoms with Crippen molar-refractivity contribution in [3.05, 3.63) is 71.3 Å². The molecule has 3 amide bonds. The predicted molar refractivity (Wildman–Crippen MR) is 189 cm³/mol. The summed E-state index contributed by atoms with van der Waals surface area (Å²) in [5.74, 6) is 0.110. The van der Waals surface area contributed by atoms with E-state index in [1.165, 1.54) is 0 Å². The summed E-state index contributed by atoms with van der Waals surface area (Å²) in [6.07, 6.45) is 7.88. The summed E-state index contributed by atoms with van der Waals surface area (Å²) in [6, 6.07) is 9.58. The van der Waals surface area contributed by atoms with Crippen molar-refractivity contribution in [2.24, 2.45) is 0 Å². The van der Waals surface area contributed by atoms with Gasteiger partial charge in [0.1, 0.15) is 17.0 Å². The molecule has 6 rings (SSSR count). The second-order valence-corrected chi connectivity index (χ2v) is 16.2. The first kappa shape index (κ1) is 35.5. The zero-order chi connectivity index (χ0) is 36.0. The van der Waals surface area contributed by atoms with Gasteiger partial charge in [-0.1, -0.05) is 30.3 Å². The molecule has 0 saturated carbocycles. The first-order valence-corrected chi connectivity index (χ1v) is 18.1. The molecule has 5 aliphatic rings. The molecule has 0 spiro atoms. The summed E-state index contributed by atoms with van der Waals surface area (Å²) in [4.78, 5) is 60.9. The van der Waals surface area contributed by atoms with Crippen LogP contribution in [0.15, 0.2) is 65.7 Å². The molecule has 0 aliphatic carbocycles. The SMILES string of the molecule is CC1NC(=O)C=C1N1CCC(N2C(=O)C=C(N3CCC(N4C(=O)C=C(OC(C)(C)C)C4CCC(=O)OC(C)(C)C)C3)C2Cc2ccccc2)C1. The van der Waals surface area contributed by atoms with Crippen molar-refractivity contribution in [3.63, 3.8) is 0 Å². The van der Waals surface area contributed by atoms with Crippen molar-refractivity contribution in [2.45, 2.75) is 122 Å². The van der Waals surface area contributed by atoms with Crippen LogP contribution in [0.5, 0.6) is 0 Å². The number of ether oxygens (including phenoxy) is 2. The number of esters is 1. The Balaban J connectivity index is 1.20. The normalized spacial score (nSPS) is 27.2. The minimum Gasteiger partial charge on any atom is -0.490 e. The summed E-state index contributed by atoms with van der Waals surface area (Å²) in [5, 5.41) is 2.96. The van der Waals surface area contributed by atoms with Crippen LogP contribution in [0.3, 0.4) is 0 Å². The molecular weight excluding hydrogens is 634 g/mol. The van der Waals surface area contributed by atoms with Crippen LogP contribution in [-0.2, 0) is 35.1 Å². The van der Waals surface area contributed by atoms with Crippen molar-refractivity contribution in [1.82, 2.24) is 24.9 Å². The third-order valence-electron chi connectivity index (χ3n) is 10.1. The van der Waals surface area contributed by atoms with E-state index in [9.17, 15) is 19.2 Å². The first-order chi connectivity index (χ1) is 23.6. The third kappa shape index (κ3) is 7.87. The molecule has 1 aromatic carbocycles. The molecule has 1 N–H and O–H groups in total. The molecule has 11 nitrogen and oxygen atoms in total. The number of benzene rings is 1. The number of nitrogens with one attached hydrogen (secondary N) is 1. The van der Waals surface area contributed by atoms with Crippen LogP contribution in [0.1, 0.15) is 79.7 Å². The number of amides is 3. The number of hydrogen-bond donors (Lipinski definition) is 1. The Labute approximate surface area is 296 Å². The lowest BCUT2D eigenvalue weighted by Crippen LogP contribution is -2.48. The van der Waals surface area contributed by atoms with Crippen LogP contribution in [0.4, 0.5) is 0 Å². The lowest BCUT2D eigenvalue weighted by molar-refractivity contribution is -0.155. The van der Waals surface area contributed by atoms with Gasteiger partial charge in [0.2, 0.25) is 11.8 Å². The van der Waals surface area contributed by atoms with Gasteiger partial charge in [-0.3, -0.25) is 19.2 Å². The highest BCUT2D eigenvalue weighted by Crippen LogP contribution is 2.37. The lowest BCUT2D eigenvalue weighted by atomic mass is 10.0. The molecule has 1 aromatic rings. The van der Waals surface area contributed by atoms with Crippen LogP contribution in [0, 0.1) is 0 Å². The van der Waals surface area contributed by atoms with Gasteiger partial charge in [-0.2, -0.15) is 0 Å². The minimum atomic E-state index is -0.593. The van der Waals surface area contributed by atoms with Gasteiger partial charge in [0.25, 0.3) is 5.91 Å². The molecule has 0 radical (unpaired) electrons. The van der Waals surface area contributed by atoms with Crippen LogP contribution in [-0.4, -0.2) is 111 Å². The number of nitrogens with zero attached hydrogens (tertiary/aromatic N) is 4. The second kappa shape index (κ2) is 13.8. The second-order valence-electron chi connectivity index (χ2n) is 16.2. The summed E-state index contributed by atoms with van der Waals surface area (Å²) >= 11 is 0. The van der Waals surface area contributed by atoms with Gasteiger partial charge in [0, 0.05) is 62.2 Å². The highest BCUT2D eigenvalue weighted by atomic mass is 16.6. The van der Waals surface area contributed by atoms with E-state index in [1.807, 2.05) is 71.6 Å². The molecule has 5 aliphatic heterocycles. The van der Waals surface area contributed by atoms with Crippen LogP contribution in [0.2, 0.25) is 0 Å². The standard InChI is InChI=1S/C39H53N5O6/c1-25-30(20-34(45)40-25)41-17-15-28(23-41)44-32(19-26-11-9-8-10-12-26)31(21-35(44)46)42-18-16-27(24-42)43-29(13-14-37(48)50-39(5,6)7)33(22-36(43)47)49-38(2,3)4/h8-12,20-22,25,27-29,32H,13-19,23-24H2,1-7H3,(H,40,45). The Morgan fingerprint density at radius 2 is 1.40 bits per heavy atom. The van der Waals surface area contributed by atoms with Gasteiger partial charge in [-0.05, 0) is 79.7 Å². The van der Waals surface area contributed by atoms with E-state index in [-0.39, 0.29) is 60.3 Å². The molecule has 5 atom stereocenters. The fourth-order valence-corrected chi connectivity index (χ4v) is 8.13. The maximum absolute atomic E-state index is 13.9. The van der Waals surface area contributed by atoms with Crippen molar-refractivity contribution in [1.29, 1.82) is 0 Å². The average Bonchev–Trinajstić information content (AvgIpc) is 3.83. The van der Waals surface area contributed by atoms with E-state index in [4.69, 9.17) is 9.47 Å². The maximum atomic E-state index is 13.9. The molecular formula is C39H53N5O6. The Morgan fingerprint density at radius 1 is 0.800 bits per heavy atom. The van der Waals surface area contributed by atoms with Gasteiger partial charge in [0.05, 0.1) is 30.2 Å². The molecule has 5 heterocycles. The van der Waals surface area contributed by atoms with E-state index in [0.717, 1.165) is 36.3 Å². The summed E-state index contributed by atoms with van der Waals surface area (Å²) < 4.78 is 11.9. The summed E-state index contributed by atoms with van der Waals surface area (Å²) in [6.45, 7) is 16.2. The number of carbonyl (C=O) groups excluding carboxylic acids is 4. The summed E-state index contributed by atoms with van der Waals surface area (Å²) in [7, 11) is 0. The minimum absolute atomic E-state index is 0.00543. The Hall–Kier alpha value is -4.28. The lowest BCUT2D eigenvalue weighted by Gasteiger charge is -2.37. The topological polar surface area (TPSA) is 112 Å². The molecule has 2 saturated heterocycles. The number of carbonyl (C=O) groups is 4. The van der Waals surface area contributed by atoms with Gasteiger partial charge in [-0.15, -0.1) is 0 Å². The monoisotopic (exact) mass is 687 g/mol. The highest BCUT2D eigenvalue weighted by Gasteiger charge is 2.47. The van der Waals surface area contributed by atoms with Crippen molar-refractivity contribution >= 4 is 23.7 Å². The Morgan fingerprint density at radius 3 is 1.98 bits per heavy atom. The molecule has 11 heteroatoms. The fraction of sp³-hybridized carbons (Fsp3) is 0.590. The smallest absolute Gasteiger partial charge is 0.306 e. The Bertz CT molecular complexity index is 1590. The van der Waals surface area contributed by atoms with E-state index >= 15 is 0 Å². The van der Waals surface area contributed by atoms with Crippen molar-refractivity contribution in [2.75, 3.05) is 26.2 Å². The first-order valence-electron chi connectivity index (χ1n) is 18.1. The quantitative estimate of drug-likeness (QED) is 0.369. The molecule has 5 unspecified atom stereocenters. The average molecular weight is 688 g/mol. The molecule has 0 bridgehead atoms. The van der Waals surface area contributed by atoms with E-state index in [0.29, 0.717) is 38.2 Å². The van der Waals surface area contributed by atoms with E-state index < -0.39 is 11.2 Å². The van der Waals surface area contributed by atoms with Crippen molar-refractivity contribution in [3.8, 4) is 0 Å². The molecule has 0 aromatic heterocycles. The van der Waals surface area contributed by atoms with Crippen molar-refractivity contribution < 1.29 is 28.7 Å². The predicted octanol–water partition coefficient (Wildman–Crippen LogP) is 3.91. The van der Waals surface area contributed by atoms with E-state index in [2.05, 4.69) is 32.1 Å². The molecule has 2 fully saturated rings. The van der Waals surface area contributed by atoms with Gasteiger partial charge < -0.3 is 34.4 Å². The van der Waals surface area contributed by atoms with Gasteiger partial charge >= 0.3 is 5.97 Å². The summed E-state index contributed by atoms with van der Waals surface area (Å²) in [5.41, 5.74) is 2.02. The zero-order valence-electron chi connectivity index (χ0n) is 30.6. The van der Waals surface area contributed by atoms with Gasteiger partial charge in [-0.25, -0.2) is 0 Å². The van der Waals surface area contributed by atoms with Crippen LogP contribution >= 0.6 is 0 Å². The number of rotatable bonds is 10. The van der Waals surface area contributed by atoms with E-state index in [1.54, 1.807) is 18.2 Å². The molecule has 50 heavy (non-hydrogen) atoms. The van der Waals surface area contributed by atoms with Crippen LogP contribution < -0.4 is 5.32 Å². The Kier molecular flexibility index (Phi) is 9.81. The van der Waals surface area contributed by atoms with Gasteiger partial charge in [0.15, 0.2) is 0 Å². The highest BCUT2D eigenvalue weighted by molar-refractivity contribution is 5.93. The maximum Gasteiger partial charge on any atom is 0.306 e. The molecule has 270 valence electrons. The third-order valence-corrected chi connectivity index (χ3v) is 10.1. The zero-order valence-corrected chi connectivity index (χ0v) is 30.6. The number of hydrogen-bond acceptors (Lipinski definition) is 8. The van der Waals surface area contributed by atoms with Crippen LogP contribution in [0.25, 0.3) is 0 Å². The fourth-order valence-electron chi connectivity index (χ4n) is 8.13. The number of likely N-dealkylation sites (tertiary alicyclic amines) is 2.